The number of ether oxygens (including phenoxy) is 1. The third kappa shape index (κ3) is 3.33. The van der Waals surface area contributed by atoms with Gasteiger partial charge in [-0.25, -0.2) is 4.79 Å². The van der Waals surface area contributed by atoms with Gasteiger partial charge in [0.15, 0.2) is 0 Å². The number of hydrogen-bond donors (Lipinski definition) is 1. The Morgan fingerprint density at radius 3 is 2.75 bits per heavy atom. The molecule has 0 spiro atoms. The smallest absolute Gasteiger partial charge is 0.337 e. The second kappa shape index (κ2) is 6.16. The Bertz CT molecular complexity index is 658. The molecule has 0 saturated heterocycles. The molecule has 2 aromatic rings. The minimum atomic E-state index is -0.470. The van der Waals surface area contributed by atoms with Crippen LogP contribution in [0.4, 0.5) is 5.69 Å². The highest BCUT2D eigenvalue weighted by molar-refractivity contribution is 6.30. The van der Waals surface area contributed by atoms with E-state index in [4.69, 9.17) is 11.6 Å². The van der Waals surface area contributed by atoms with Gasteiger partial charge in [0.05, 0.1) is 12.7 Å². The predicted octanol–water partition coefficient (Wildman–Crippen LogP) is 2.77. The van der Waals surface area contributed by atoms with Crippen LogP contribution in [0.25, 0.3) is 0 Å². The Balaban J connectivity index is 2.18. The molecule has 0 bridgehead atoms. The van der Waals surface area contributed by atoms with E-state index >= 15 is 0 Å². The molecule has 0 unspecified atom stereocenters. The van der Waals surface area contributed by atoms with Gasteiger partial charge in [0, 0.05) is 16.9 Å². The number of methoxy groups -OCH3 is 1. The largest absolute Gasteiger partial charge is 0.465 e. The van der Waals surface area contributed by atoms with Crippen molar-refractivity contribution in [3.63, 3.8) is 0 Å². The van der Waals surface area contributed by atoms with Crippen molar-refractivity contribution in [1.29, 1.82) is 0 Å². The van der Waals surface area contributed by atoms with Crippen molar-refractivity contribution in [3.05, 3.63) is 58.9 Å². The molecule has 0 aliphatic heterocycles. The zero-order chi connectivity index (χ0) is 14.5. The molecule has 5 nitrogen and oxygen atoms in total. The molecule has 1 heterocycles. The normalized spacial score (nSPS) is 9.90. The first-order valence-electron chi connectivity index (χ1n) is 5.71. The number of nitrogens with zero attached hydrogens (tertiary/aromatic N) is 1. The molecule has 1 aromatic carbocycles. The van der Waals surface area contributed by atoms with Crippen LogP contribution >= 0.6 is 11.6 Å². The second-order valence-corrected chi connectivity index (χ2v) is 4.32. The van der Waals surface area contributed by atoms with Crippen LogP contribution in [0.15, 0.2) is 42.6 Å². The Morgan fingerprint density at radius 1 is 1.25 bits per heavy atom. The third-order valence-electron chi connectivity index (χ3n) is 2.50. The van der Waals surface area contributed by atoms with Gasteiger partial charge in [-0.2, -0.15) is 0 Å². The predicted molar refractivity (Wildman–Crippen MR) is 75.0 cm³/mol. The molecular formula is C14H11ClN2O3. The lowest BCUT2D eigenvalue weighted by Gasteiger charge is -2.06. The molecule has 1 N–H and O–H groups in total. The van der Waals surface area contributed by atoms with Gasteiger partial charge >= 0.3 is 5.97 Å². The van der Waals surface area contributed by atoms with E-state index in [0.717, 1.165) is 0 Å². The van der Waals surface area contributed by atoms with E-state index in [9.17, 15) is 9.59 Å². The molecule has 1 aromatic heterocycles. The van der Waals surface area contributed by atoms with E-state index in [-0.39, 0.29) is 5.69 Å². The van der Waals surface area contributed by atoms with Gasteiger partial charge in [0.25, 0.3) is 5.91 Å². The Kier molecular flexibility index (Phi) is 4.32. The molecule has 0 aliphatic carbocycles. The molecule has 2 rings (SSSR count). The summed E-state index contributed by atoms with van der Waals surface area (Å²) in [5.41, 5.74) is 1.02. The first kappa shape index (κ1) is 14.0. The topological polar surface area (TPSA) is 68.3 Å². The highest BCUT2D eigenvalue weighted by Gasteiger charge is 2.10. The first-order chi connectivity index (χ1) is 9.60. The summed E-state index contributed by atoms with van der Waals surface area (Å²) >= 11 is 5.80. The lowest BCUT2D eigenvalue weighted by molar-refractivity contribution is 0.0600. The summed E-state index contributed by atoms with van der Waals surface area (Å²) in [6.45, 7) is 0. The summed E-state index contributed by atoms with van der Waals surface area (Å²) in [5.74, 6) is -0.878. The molecule has 0 atom stereocenters. The van der Waals surface area contributed by atoms with Crippen LogP contribution in [0.2, 0.25) is 5.02 Å². The number of amides is 1. The summed E-state index contributed by atoms with van der Waals surface area (Å²) in [6, 6.07) is 9.47. The second-order valence-electron chi connectivity index (χ2n) is 3.89. The summed E-state index contributed by atoms with van der Waals surface area (Å²) in [7, 11) is 1.30. The Labute approximate surface area is 120 Å². The molecule has 0 fully saturated rings. The van der Waals surface area contributed by atoms with Gasteiger partial charge in [-0.3, -0.25) is 9.78 Å². The van der Waals surface area contributed by atoms with E-state index in [1.165, 1.54) is 25.4 Å². The zero-order valence-electron chi connectivity index (χ0n) is 10.6. The van der Waals surface area contributed by atoms with E-state index in [2.05, 4.69) is 15.0 Å². The van der Waals surface area contributed by atoms with E-state index in [1.807, 2.05) is 0 Å². The lowest BCUT2D eigenvalue weighted by Crippen LogP contribution is -2.14. The number of nitrogens with one attached hydrogen (secondary N) is 1. The van der Waals surface area contributed by atoms with E-state index < -0.39 is 11.9 Å². The summed E-state index contributed by atoms with van der Waals surface area (Å²) < 4.78 is 4.62. The maximum Gasteiger partial charge on any atom is 0.337 e. The molecular weight excluding hydrogens is 280 g/mol. The van der Waals surface area contributed by atoms with Crippen molar-refractivity contribution in [2.45, 2.75) is 0 Å². The molecule has 1 amide bonds. The average Bonchev–Trinajstić information content (AvgIpc) is 2.46. The molecule has 6 heteroatoms. The number of carbonyl (C=O) groups is 2. The van der Waals surface area contributed by atoms with Gasteiger partial charge in [-0.15, -0.1) is 0 Å². The first-order valence-corrected chi connectivity index (χ1v) is 6.09. The molecule has 0 saturated carbocycles. The van der Waals surface area contributed by atoms with E-state index in [1.54, 1.807) is 24.3 Å². The molecule has 0 aliphatic rings. The van der Waals surface area contributed by atoms with Gasteiger partial charge in [0.2, 0.25) is 0 Å². The number of rotatable bonds is 3. The van der Waals surface area contributed by atoms with Crippen LogP contribution < -0.4 is 5.32 Å². The molecule has 20 heavy (non-hydrogen) atoms. The molecule has 102 valence electrons. The minimum Gasteiger partial charge on any atom is -0.465 e. The lowest BCUT2D eigenvalue weighted by atomic mass is 10.2. The van der Waals surface area contributed by atoms with Gasteiger partial charge in [0.1, 0.15) is 5.69 Å². The van der Waals surface area contributed by atoms with E-state index in [0.29, 0.717) is 16.3 Å². The number of benzene rings is 1. The number of hydrogen-bond acceptors (Lipinski definition) is 4. The van der Waals surface area contributed by atoms with Gasteiger partial charge in [-0.1, -0.05) is 17.7 Å². The van der Waals surface area contributed by atoms with Crippen molar-refractivity contribution in [2.75, 3.05) is 12.4 Å². The van der Waals surface area contributed by atoms with Crippen molar-refractivity contribution < 1.29 is 14.3 Å². The monoisotopic (exact) mass is 290 g/mol. The summed E-state index contributed by atoms with van der Waals surface area (Å²) in [5, 5.41) is 3.06. The standard InChI is InChI=1S/C14H11ClN2O3/c1-20-14(19)9-3-2-4-11(7-9)17-13(18)12-8-10(15)5-6-16-12/h2-8H,1H3,(H,17,18). The highest BCUT2D eigenvalue weighted by atomic mass is 35.5. The van der Waals surface area contributed by atoms with Crippen LogP contribution in [-0.4, -0.2) is 24.0 Å². The fourth-order valence-corrected chi connectivity index (χ4v) is 1.73. The van der Waals surface area contributed by atoms with Crippen LogP contribution in [0, 0.1) is 0 Å². The SMILES string of the molecule is COC(=O)c1cccc(NC(=O)c2cc(Cl)ccn2)c1. The number of esters is 1. The number of aromatic nitrogens is 1. The fraction of sp³-hybridized carbons (Fsp3) is 0.0714. The average molecular weight is 291 g/mol. The van der Waals surface area contributed by atoms with Gasteiger partial charge < -0.3 is 10.1 Å². The number of halogens is 1. The molecule has 0 radical (unpaired) electrons. The fourth-order valence-electron chi connectivity index (χ4n) is 1.57. The van der Waals surface area contributed by atoms with Crippen molar-refractivity contribution in [3.8, 4) is 0 Å². The number of pyridine rings is 1. The Hall–Kier alpha value is -2.40. The van der Waals surface area contributed by atoms with Crippen molar-refractivity contribution in [1.82, 2.24) is 4.98 Å². The van der Waals surface area contributed by atoms with Crippen LogP contribution in [0.3, 0.4) is 0 Å². The quantitative estimate of drug-likeness (QED) is 0.883. The maximum absolute atomic E-state index is 12.0. The van der Waals surface area contributed by atoms with Crippen molar-refractivity contribution in [2.24, 2.45) is 0 Å². The van der Waals surface area contributed by atoms with Crippen molar-refractivity contribution >= 4 is 29.2 Å². The van der Waals surface area contributed by atoms with Gasteiger partial charge in [-0.05, 0) is 30.3 Å². The van der Waals surface area contributed by atoms with Crippen LogP contribution in [0.1, 0.15) is 20.8 Å². The number of anilines is 1. The highest BCUT2D eigenvalue weighted by Crippen LogP contribution is 2.14. The summed E-state index contributed by atoms with van der Waals surface area (Å²) in [4.78, 5) is 27.3. The number of carbonyl (C=O) groups excluding carboxylic acids is 2. The maximum atomic E-state index is 12.0. The third-order valence-corrected chi connectivity index (χ3v) is 2.73. The van der Waals surface area contributed by atoms with Crippen LogP contribution in [-0.2, 0) is 4.74 Å². The Morgan fingerprint density at radius 2 is 2.05 bits per heavy atom. The minimum absolute atomic E-state index is 0.195. The zero-order valence-corrected chi connectivity index (χ0v) is 11.3. The summed E-state index contributed by atoms with van der Waals surface area (Å²) in [6.07, 6.45) is 1.45. The van der Waals surface area contributed by atoms with Crippen LogP contribution in [0.5, 0.6) is 0 Å².